The van der Waals surface area contributed by atoms with E-state index in [1.165, 1.54) is 27.1 Å². The van der Waals surface area contributed by atoms with Crippen molar-refractivity contribution in [1.29, 1.82) is 0 Å². The topological polar surface area (TPSA) is 12.0 Å². The van der Waals surface area contributed by atoms with E-state index in [1.807, 2.05) is 11.8 Å². The lowest BCUT2D eigenvalue weighted by Crippen LogP contribution is -2.11. The molecule has 1 atom stereocenters. The molecule has 96 valence electrons. The fourth-order valence-electron chi connectivity index (χ4n) is 1.39. The zero-order valence-corrected chi connectivity index (χ0v) is 13.3. The highest BCUT2D eigenvalue weighted by atomic mass is 79.9. The Morgan fingerprint density at radius 3 is 2.71 bits per heavy atom. The van der Waals surface area contributed by atoms with Gasteiger partial charge in [-0.25, -0.2) is 0 Å². The minimum atomic E-state index is 0.785. The number of thioether (sulfide) groups is 1. The number of hydrogen-bond acceptors (Lipinski definition) is 2. The van der Waals surface area contributed by atoms with Gasteiger partial charge in [0.2, 0.25) is 0 Å². The molecule has 0 amide bonds. The maximum absolute atomic E-state index is 3.66. The van der Waals surface area contributed by atoms with Crippen molar-refractivity contribution >= 4 is 27.7 Å². The van der Waals surface area contributed by atoms with E-state index in [-0.39, 0.29) is 0 Å². The molecule has 0 bridgehead atoms. The predicted octanol–water partition coefficient (Wildman–Crippen LogP) is 4.70. The lowest BCUT2D eigenvalue weighted by Gasteiger charge is -2.10. The predicted molar refractivity (Wildman–Crippen MR) is 81.7 cm³/mol. The smallest absolute Gasteiger partial charge is 0.0314 e. The van der Waals surface area contributed by atoms with E-state index in [2.05, 4.69) is 60.2 Å². The summed E-state index contributed by atoms with van der Waals surface area (Å²) in [5, 5.41) is 3.34. The van der Waals surface area contributed by atoms with Crippen LogP contribution in [0.1, 0.15) is 32.8 Å². The SMILES string of the molecule is CCNCc1ccc(SCC(C)CC)c(Br)c1. The van der Waals surface area contributed by atoms with Crippen molar-refractivity contribution in [2.24, 2.45) is 5.92 Å². The van der Waals surface area contributed by atoms with Crippen molar-refractivity contribution < 1.29 is 0 Å². The third kappa shape index (κ3) is 5.45. The van der Waals surface area contributed by atoms with E-state index in [0.717, 1.165) is 19.0 Å². The van der Waals surface area contributed by atoms with Crippen molar-refractivity contribution in [2.75, 3.05) is 12.3 Å². The van der Waals surface area contributed by atoms with E-state index in [4.69, 9.17) is 0 Å². The minimum Gasteiger partial charge on any atom is -0.313 e. The van der Waals surface area contributed by atoms with Gasteiger partial charge in [-0.1, -0.05) is 33.3 Å². The summed E-state index contributed by atoms with van der Waals surface area (Å²) < 4.78 is 1.22. The highest BCUT2D eigenvalue weighted by molar-refractivity contribution is 9.10. The fraction of sp³-hybridized carbons (Fsp3) is 0.571. The van der Waals surface area contributed by atoms with Gasteiger partial charge in [0.15, 0.2) is 0 Å². The molecule has 17 heavy (non-hydrogen) atoms. The van der Waals surface area contributed by atoms with Crippen LogP contribution in [0.3, 0.4) is 0 Å². The molecule has 0 saturated carbocycles. The molecule has 1 N–H and O–H groups in total. The van der Waals surface area contributed by atoms with Crippen molar-refractivity contribution in [1.82, 2.24) is 5.32 Å². The van der Waals surface area contributed by atoms with Crippen molar-refractivity contribution in [2.45, 2.75) is 38.6 Å². The molecule has 1 unspecified atom stereocenters. The van der Waals surface area contributed by atoms with Gasteiger partial charge in [-0.3, -0.25) is 0 Å². The summed E-state index contributed by atoms with van der Waals surface area (Å²) in [6.07, 6.45) is 1.25. The normalized spacial score (nSPS) is 12.7. The van der Waals surface area contributed by atoms with E-state index in [1.54, 1.807) is 0 Å². The van der Waals surface area contributed by atoms with Crippen LogP contribution < -0.4 is 5.32 Å². The van der Waals surface area contributed by atoms with Crippen molar-refractivity contribution in [3.8, 4) is 0 Å². The summed E-state index contributed by atoms with van der Waals surface area (Å²) in [4.78, 5) is 1.35. The van der Waals surface area contributed by atoms with E-state index in [0.29, 0.717) is 0 Å². The second-order valence-corrected chi connectivity index (χ2v) is 6.29. The highest BCUT2D eigenvalue weighted by Crippen LogP contribution is 2.30. The zero-order chi connectivity index (χ0) is 12.7. The van der Waals surface area contributed by atoms with Gasteiger partial charge in [0.1, 0.15) is 0 Å². The Kier molecular flexibility index (Phi) is 7.24. The molecule has 0 spiro atoms. The van der Waals surface area contributed by atoms with Crippen LogP contribution in [-0.2, 0) is 6.54 Å². The minimum absolute atomic E-state index is 0.785. The van der Waals surface area contributed by atoms with Crippen LogP contribution in [0.5, 0.6) is 0 Å². The first kappa shape index (κ1) is 15.1. The Bertz CT molecular complexity index is 341. The molecule has 1 rings (SSSR count). The van der Waals surface area contributed by atoms with Gasteiger partial charge in [-0.2, -0.15) is 0 Å². The second kappa shape index (κ2) is 8.17. The average molecular weight is 316 g/mol. The first-order chi connectivity index (χ1) is 8.17. The molecule has 0 fully saturated rings. The fourth-order valence-corrected chi connectivity index (χ4v) is 3.22. The van der Waals surface area contributed by atoms with Gasteiger partial charge < -0.3 is 5.32 Å². The van der Waals surface area contributed by atoms with E-state index >= 15 is 0 Å². The highest BCUT2D eigenvalue weighted by Gasteiger charge is 2.05. The average Bonchev–Trinajstić information content (AvgIpc) is 2.34. The Labute approximate surface area is 118 Å². The maximum atomic E-state index is 3.66. The molecule has 3 heteroatoms. The van der Waals surface area contributed by atoms with Gasteiger partial charge in [0.05, 0.1) is 0 Å². The van der Waals surface area contributed by atoms with Crippen LogP contribution in [0.2, 0.25) is 0 Å². The Morgan fingerprint density at radius 2 is 2.12 bits per heavy atom. The zero-order valence-electron chi connectivity index (χ0n) is 10.9. The lowest BCUT2D eigenvalue weighted by atomic mass is 10.2. The molecule has 0 radical (unpaired) electrons. The van der Waals surface area contributed by atoms with Crippen LogP contribution in [-0.4, -0.2) is 12.3 Å². The molecule has 1 aromatic carbocycles. The molecular formula is C14H22BrNS. The summed E-state index contributed by atoms with van der Waals surface area (Å²) in [6, 6.07) is 6.66. The number of nitrogens with one attached hydrogen (secondary N) is 1. The molecule has 1 nitrogen and oxygen atoms in total. The molecule has 1 aromatic rings. The summed E-state index contributed by atoms with van der Waals surface area (Å²) >= 11 is 5.61. The third-order valence-electron chi connectivity index (χ3n) is 2.80. The van der Waals surface area contributed by atoms with Crippen LogP contribution in [0, 0.1) is 5.92 Å². The quantitative estimate of drug-likeness (QED) is 0.732. The molecule has 0 heterocycles. The van der Waals surface area contributed by atoms with Crippen LogP contribution in [0.15, 0.2) is 27.6 Å². The van der Waals surface area contributed by atoms with Crippen molar-refractivity contribution in [3.05, 3.63) is 28.2 Å². The van der Waals surface area contributed by atoms with Crippen LogP contribution in [0.25, 0.3) is 0 Å². The van der Waals surface area contributed by atoms with Crippen LogP contribution >= 0.6 is 27.7 Å². The van der Waals surface area contributed by atoms with Gasteiger partial charge in [-0.15, -0.1) is 11.8 Å². The first-order valence-electron chi connectivity index (χ1n) is 6.29. The van der Waals surface area contributed by atoms with E-state index < -0.39 is 0 Å². The van der Waals surface area contributed by atoms with Gasteiger partial charge in [0.25, 0.3) is 0 Å². The molecule has 0 aliphatic heterocycles. The number of rotatable bonds is 7. The maximum Gasteiger partial charge on any atom is 0.0314 e. The third-order valence-corrected chi connectivity index (χ3v) is 5.12. The van der Waals surface area contributed by atoms with Gasteiger partial charge in [0, 0.05) is 21.7 Å². The molecule has 0 aliphatic carbocycles. The Balaban J connectivity index is 2.56. The first-order valence-corrected chi connectivity index (χ1v) is 8.07. The van der Waals surface area contributed by atoms with Gasteiger partial charge >= 0.3 is 0 Å². The largest absolute Gasteiger partial charge is 0.313 e. The summed E-state index contributed by atoms with van der Waals surface area (Å²) in [6.45, 7) is 8.65. The molecule has 0 saturated heterocycles. The summed E-state index contributed by atoms with van der Waals surface area (Å²) in [5.74, 6) is 1.98. The summed E-state index contributed by atoms with van der Waals surface area (Å²) in [5.41, 5.74) is 1.34. The standard InChI is InChI=1S/C14H22BrNS/c1-4-11(3)10-17-14-7-6-12(8-13(14)15)9-16-5-2/h6-8,11,16H,4-5,9-10H2,1-3H3. The van der Waals surface area contributed by atoms with Crippen molar-refractivity contribution in [3.63, 3.8) is 0 Å². The monoisotopic (exact) mass is 315 g/mol. The lowest BCUT2D eigenvalue weighted by molar-refractivity contribution is 0.637. The van der Waals surface area contributed by atoms with Gasteiger partial charge in [-0.05, 0) is 46.1 Å². The molecule has 0 aliphatic rings. The van der Waals surface area contributed by atoms with Crippen LogP contribution in [0.4, 0.5) is 0 Å². The molecule has 0 aromatic heterocycles. The second-order valence-electron chi connectivity index (χ2n) is 4.37. The van der Waals surface area contributed by atoms with E-state index in [9.17, 15) is 0 Å². The number of hydrogen-bond donors (Lipinski definition) is 1. The molecular weight excluding hydrogens is 294 g/mol. The number of benzene rings is 1. The number of halogens is 1. The Morgan fingerprint density at radius 1 is 1.35 bits per heavy atom. The Hall–Kier alpha value is 0.01000. The summed E-state index contributed by atoms with van der Waals surface area (Å²) in [7, 11) is 0.